The Balaban J connectivity index is 2.14. The third-order valence-electron chi connectivity index (χ3n) is 3.48. The van der Waals surface area contributed by atoms with Gasteiger partial charge in [-0.3, -0.25) is 0 Å². The van der Waals surface area contributed by atoms with Gasteiger partial charge in [0, 0.05) is 31.2 Å². The van der Waals surface area contributed by atoms with Crippen LogP contribution in [0.3, 0.4) is 0 Å². The molecule has 0 aliphatic carbocycles. The van der Waals surface area contributed by atoms with Crippen LogP contribution in [0.15, 0.2) is 16.7 Å². The fourth-order valence-electron chi connectivity index (χ4n) is 2.61. The second kappa shape index (κ2) is 5.51. The third kappa shape index (κ3) is 2.30. The summed E-state index contributed by atoms with van der Waals surface area (Å²) >= 11 is 0. The second-order valence-electron chi connectivity index (χ2n) is 4.37. The highest BCUT2D eigenvalue weighted by Crippen LogP contribution is 2.32. The predicted octanol–water partition coefficient (Wildman–Crippen LogP) is 2.53. The van der Waals surface area contributed by atoms with Crippen LogP contribution in [0.4, 0.5) is 0 Å². The summed E-state index contributed by atoms with van der Waals surface area (Å²) in [5, 5.41) is 3.43. The number of furan rings is 1. The SMILES string of the molecule is CCc1occc1C(NC)C1CCOCC1. The molecule has 1 aliphatic rings. The van der Waals surface area contributed by atoms with Gasteiger partial charge in [-0.25, -0.2) is 0 Å². The van der Waals surface area contributed by atoms with Gasteiger partial charge in [-0.2, -0.15) is 0 Å². The molecular weight excluding hydrogens is 202 g/mol. The molecule has 0 aromatic carbocycles. The minimum Gasteiger partial charge on any atom is -0.469 e. The van der Waals surface area contributed by atoms with Crippen LogP contribution < -0.4 is 5.32 Å². The number of rotatable bonds is 4. The molecule has 1 aliphatic heterocycles. The van der Waals surface area contributed by atoms with E-state index in [0.717, 1.165) is 38.2 Å². The van der Waals surface area contributed by atoms with Crippen LogP contribution >= 0.6 is 0 Å². The number of hydrogen-bond acceptors (Lipinski definition) is 3. The van der Waals surface area contributed by atoms with Crippen molar-refractivity contribution < 1.29 is 9.15 Å². The lowest BCUT2D eigenvalue weighted by atomic mass is 9.87. The van der Waals surface area contributed by atoms with E-state index in [2.05, 4.69) is 18.3 Å². The fourth-order valence-corrected chi connectivity index (χ4v) is 2.61. The Kier molecular flexibility index (Phi) is 4.02. The number of hydrogen-bond donors (Lipinski definition) is 1. The molecule has 0 bridgehead atoms. The van der Waals surface area contributed by atoms with E-state index in [1.54, 1.807) is 6.26 Å². The molecule has 2 heterocycles. The van der Waals surface area contributed by atoms with Crippen molar-refractivity contribution in [2.24, 2.45) is 5.92 Å². The van der Waals surface area contributed by atoms with Crippen LogP contribution in [-0.2, 0) is 11.2 Å². The highest BCUT2D eigenvalue weighted by molar-refractivity contribution is 5.22. The van der Waals surface area contributed by atoms with Gasteiger partial charge >= 0.3 is 0 Å². The zero-order valence-electron chi connectivity index (χ0n) is 10.2. The van der Waals surface area contributed by atoms with Crippen molar-refractivity contribution in [2.45, 2.75) is 32.2 Å². The smallest absolute Gasteiger partial charge is 0.108 e. The Morgan fingerprint density at radius 2 is 2.19 bits per heavy atom. The summed E-state index contributed by atoms with van der Waals surface area (Å²) in [5.74, 6) is 1.78. The highest BCUT2D eigenvalue weighted by atomic mass is 16.5. The van der Waals surface area contributed by atoms with Gasteiger partial charge in [0.1, 0.15) is 5.76 Å². The van der Waals surface area contributed by atoms with Crippen molar-refractivity contribution in [3.8, 4) is 0 Å². The lowest BCUT2D eigenvalue weighted by Crippen LogP contribution is -2.30. The quantitative estimate of drug-likeness (QED) is 0.851. The first kappa shape index (κ1) is 11.7. The zero-order chi connectivity index (χ0) is 11.4. The van der Waals surface area contributed by atoms with Crippen molar-refractivity contribution in [3.63, 3.8) is 0 Å². The molecule has 1 fully saturated rings. The van der Waals surface area contributed by atoms with Gasteiger partial charge in [-0.15, -0.1) is 0 Å². The van der Waals surface area contributed by atoms with Crippen molar-refractivity contribution >= 4 is 0 Å². The third-order valence-corrected chi connectivity index (χ3v) is 3.48. The van der Waals surface area contributed by atoms with E-state index in [9.17, 15) is 0 Å². The molecule has 0 radical (unpaired) electrons. The maximum Gasteiger partial charge on any atom is 0.108 e. The van der Waals surface area contributed by atoms with E-state index in [1.165, 1.54) is 5.56 Å². The van der Waals surface area contributed by atoms with Gasteiger partial charge in [0.05, 0.1) is 6.26 Å². The van der Waals surface area contributed by atoms with Crippen LogP contribution in [0.2, 0.25) is 0 Å². The molecule has 2 rings (SSSR count). The summed E-state index contributed by atoms with van der Waals surface area (Å²) in [6, 6.07) is 2.52. The van der Waals surface area contributed by atoms with E-state index in [-0.39, 0.29) is 0 Å². The van der Waals surface area contributed by atoms with Crippen molar-refractivity contribution in [1.82, 2.24) is 5.32 Å². The molecule has 1 saturated heterocycles. The minimum atomic E-state index is 0.414. The molecule has 90 valence electrons. The fraction of sp³-hybridized carbons (Fsp3) is 0.692. The largest absolute Gasteiger partial charge is 0.469 e. The topological polar surface area (TPSA) is 34.4 Å². The first-order chi connectivity index (χ1) is 7.86. The number of nitrogens with one attached hydrogen (secondary N) is 1. The zero-order valence-corrected chi connectivity index (χ0v) is 10.2. The van der Waals surface area contributed by atoms with Gasteiger partial charge < -0.3 is 14.5 Å². The van der Waals surface area contributed by atoms with Crippen LogP contribution in [0, 0.1) is 5.92 Å². The van der Waals surface area contributed by atoms with E-state index >= 15 is 0 Å². The van der Waals surface area contributed by atoms with Crippen molar-refractivity contribution in [3.05, 3.63) is 23.7 Å². The van der Waals surface area contributed by atoms with Crippen molar-refractivity contribution in [1.29, 1.82) is 0 Å². The molecule has 1 unspecified atom stereocenters. The first-order valence-electron chi connectivity index (χ1n) is 6.18. The number of ether oxygens (including phenoxy) is 1. The maximum atomic E-state index is 5.52. The predicted molar refractivity (Wildman–Crippen MR) is 63.4 cm³/mol. The first-order valence-corrected chi connectivity index (χ1v) is 6.18. The van der Waals surface area contributed by atoms with Gasteiger partial charge in [0.25, 0.3) is 0 Å². The van der Waals surface area contributed by atoms with Crippen LogP contribution in [-0.4, -0.2) is 20.3 Å². The standard InChI is InChI=1S/C13H21NO2/c1-3-12-11(6-9-16-12)13(14-2)10-4-7-15-8-5-10/h6,9-10,13-14H,3-5,7-8H2,1-2H3. The van der Waals surface area contributed by atoms with E-state index in [0.29, 0.717) is 12.0 Å². The van der Waals surface area contributed by atoms with Crippen LogP contribution in [0.25, 0.3) is 0 Å². The number of aryl methyl sites for hydroxylation is 1. The minimum absolute atomic E-state index is 0.414. The Morgan fingerprint density at radius 3 is 2.81 bits per heavy atom. The van der Waals surface area contributed by atoms with Gasteiger partial charge in [-0.1, -0.05) is 6.92 Å². The average molecular weight is 223 g/mol. The Bertz CT molecular complexity index is 315. The summed E-state index contributed by atoms with van der Waals surface area (Å²) in [4.78, 5) is 0. The van der Waals surface area contributed by atoms with Gasteiger partial charge in [0.15, 0.2) is 0 Å². The van der Waals surface area contributed by atoms with Crippen molar-refractivity contribution in [2.75, 3.05) is 20.3 Å². The summed E-state index contributed by atoms with van der Waals surface area (Å²) < 4.78 is 10.9. The van der Waals surface area contributed by atoms with Gasteiger partial charge in [0.2, 0.25) is 0 Å². The molecule has 1 aromatic heterocycles. The van der Waals surface area contributed by atoms with Gasteiger partial charge in [-0.05, 0) is 31.9 Å². The van der Waals surface area contributed by atoms with E-state index in [1.807, 2.05) is 7.05 Å². The average Bonchev–Trinajstić information content (AvgIpc) is 2.80. The molecule has 1 aromatic rings. The summed E-state index contributed by atoms with van der Waals surface area (Å²) in [6.07, 6.45) is 5.04. The summed E-state index contributed by atoms with van der Waals surface area (Å²) in [7, 11) is 2.03. The molecule has 1 atom stereocenters. The molecule has 0 saturated carbocycles. The molecule has 1 N–H and O–H groups in total. The lowest BCUT2D eigenvalue weighted by molar-refractivity contribution is 0.0544. The Morgan fingerprint density at radius 1 is 1.44 bits per heavy atom. The molecule has 0 amide bonds. The lowest BCUT2D eigenvalue weighted by Gasteiger charge is -2.30. The summed E-state index contributed by atoms with van der Waals surface area (Å²) in [6.45, 7) is 3.92. The Hall–Kier alpha value is -0.800. The van der Waals surface area contributed by atoms with Crippen LogP contribution in [0.1, 0.15) is 37.1 Å². The summed E-state index contributed by atoms with van der Waals surface area (Å²) in [5.41, 5.74) is 1.33. The molecular formula is C13H21NO2. The van der Waals surface area contributed by atoms with Crippen LogP contribution in [0.5, 0.6) is 0 Å². The normalized spacial score (nSPS) is 19.9. The molecule has 0 spiro atoms. The molecule has 3 nitrogen and oxygen atoms in total. The van der Waals surface area contributed by atoms with E-state index < -0.39 is 0 Å². The molecule has 3 heteroatoms. The second-order valence-corrected chi connectivity index (χ2v) is 4.37. The van der Waals surface area contributed by atoms with E-state index in [4.69, 9.17) is 9.15 Å². The Labute approximate surface area is 97.2 Å². The monoisotopic (exact) mass is 223 g/mol. The maximum absolute atomic E-state index is 5.52. The molecule has 16 heavy (non-hydrogen) atoms. The highest BCUT2D eigenvalue weighted by Gasteiger charge is 2.26.